The van der Waals surface area contributed by atoms with Gasteiger partial charge in [-0.05, 0) is 47.5 Å². The van der Waals surface area contributed by atoms with Crippen molar-refractivity contribution in [1.29, 1.82) is 0 Å². The fourth-order valence-electron chi connectivity index (χ4n) is 2.81. The van der Waals surface area contributed by atoms with E-state index in [-0.39, 0.29) is 0 Å². The summed E-state index contributed by atoms with van der Waals surface area (Å²) in [5, 5.41) is 0. The van der Waals surface area contributed by atoms with Crippen molar-refractivity contribution in [3.8, 4) is 5.75 Å². The number of rotatable bonds is 8. The molecule has 0 aliphatic rings. The number of para-hydroxylation sites is 1. The van der Waals surface area contributed by atoms with Gasteiger partial charge in [0, 0.05) is 4.57 Å². The summed E-state index contributed by atoms with van der Waals surface area (Å²) in [5.41, 5.74) is 2.02. The maximum absolute atomic E-state index is 12.6. The highest BCUT2D eigenvalue weighted by atomic mass is 31.1. The Morgan fingerprint density at radius 2 is 1.16 bits per heavy atom. The Labute approximate surface area is 180 Å². The molecule has 1 atom stereocenters. The molecule has 31 heavy (non-hydrogen) atoms. The zero-order valence-electron chi connectivity index (χ0n) is 16.9. The van der Waals surface area contributed by atoms with Gasteiger partial charge in [-0.15, -0.1) is 0 Å². The predicted octanol–water partition coefficient (Wildman–Crippen LogP) is 5.10. The number of hydrogen-bond donors (Lipinski definition) is 0. The van der Waals surface area contributed by atoms with E-state index in [0.717, 1.165) is 0 Å². The highest BCUT2D eigenvalue weighted by Gasteiger charge is 2.31. The third kappa shape index (κ3) is 5.75. The minimum atomic E-state index is -2.52. The molecule has 0 amide bonds. The van der Waals surface area contributed by atoms with Crippen LogP contribution in [0.25, 0.3) is 0 Å². The van der Waals surface area contributed by atoms with Gasteiger partial charge >= 0.3 is 20.2 Å². The van der Waals surface area contributed by atoms with Crippen molar-refractivity contribution in [2.75, 3.05) is 14.2 Å². The lowest BCUT2D eigenvalue weighted by Gasteiger charge is -2.13. The van der Waals surface area contributed by atoms with Crippen molar-refractivity contribution in [3.05, 3.63) is 101 Å². The topological polar surface area (TPSA) is 88.1 Å². The molecule has 3 rings (SSSR count). The molecule has 8 heteroatoms. The molecular formula is C23H20O7P+. The van der Waals surface area contributed by atoms with Crippen LogP contribution in [0, 0.1) is 0 Å². The number of benzene rings is 3. The molecule has 1 unspecified atom stereocenters. The van der Waals surface area contributed by atoms with E-state index in [1.165, 1.54) is 14.2 Å². The maximum Gasteiger partial charge on any atom is 0.751 e. The molecule has 0 heterocycles. The second kappa shape index (κ2) is 10.5. The highest BCUT2D eigenvalue weighted by Crippen LogP contribution is 2.38. The first-order chi connectivity index (χ1) is 15.0. The van der Waals surface area contributed by atoms with Crippen LogP contribution in [0.1, 0.15) is 37.9 Å². The average Bonchev–Trinajstić information content (AvgIpc) is 2.82. The molecule has 0 bridgehead atoms. The van der Waals surface area contributed by atoms with Crippen molar-refractivity contribution in [3.63, 3.8) is 0 Å². The van der Waals surface area contributed by atoms with Gasteiger partial charge in [0.2, 0.25) is 0 Å². The molecule has 3 aromatic rings. The van der Waals surface area contributed by atoms with E-state index < -0.39 is 26.3 Å². The largest absolute Gasteiger partial charge is 0.751 e. The molecular weight excluding hydrogens is 419 g/mol. The van der Waals surface area contributed by atoms with E-state index in [9.17, 15) is 14.2 Å². The average molecular weight is 439 g/mol. The monoisotopic (exact) mass is 439 g/mol. The lowest BCUT2D eigenvalue weighted by molar-refractivity contribution is 0.0592. The van der Waals surface area contributed by atoms with Crippen LogP contribution in [-0.2, 0) is 18.6 Å². The van der Waals surface area contributed by atoms with Gasteiger partial charge in [-0.1, -0.05) is 47.0 Å². The van der Waals surface area contributed by atoms with Crippen molar-refractivity contribution >= 4 is 20.2 Å². The van der Waals surface area contributed by atoms with Crippen LogP contribution < -0.4 is 4.52 Å². The van der Waals surface area contributed by atoms with Gasteiger partial charge < -0.3 is 9.47 Å². The van der Waals surface area contributed by atoms with E-state index in [2.05, 4.69) is 0 Å². The Hall–Kier alpha value is -3.54. The number of methoxy groups -OCH3 is 2. The Bertz CT molecular complexity index is 988. The predicted molar refractivity (Wildman–Crippen MR) is 113 cm³/mol. The molecule has 0 saturated carbocycles. The quantitative estimate of drug-likeness (QED) is 0.356. The summed E-state index contributed by atoms with van der Waals surface area (Å²) in [7, 11) is 0.0812. The van der Waals surface area contributed by atoms with Crippen molar-refractivity contribution in [2.24, 2.45) is 0 Å². The lowest BCUT2D eigenvalue weighted by Crippen LogP contribution is -2.07. The van der Waals surface area contributed by atoms with Crippen LogP contribution >= 0.6 is 8.25 Å². The summed E-state index contributed by atoms with van der Waals surface area (Å²) in [6.07, 6.45) is -0.772. The maximum atomic E-state index is 12.6. The fraction of sp³-hybridized carbons (Fsp3) is 0.130. The first kappa shape index (κ1) is 22.2. The van der Waals surface area contributed by atoms with E-state index in [0.29, 0.717) is 28.0 Å². The Morgan fingerprint density at radius 1 is 0.710 bits per heavy atom. The molecule has 3 aromatic carbocycles. The fourth-order valence-corrected chi connectivity index (χ4v) is 3.57. The normalized spacial score (nSPS) is 11.0. The summed E-state index contributed by atoms with van der Waals surface area (Å²) >= 11 is 0. The third-order valence-electron chi connectivity index (χ3n) is 4.38. The zero-order chi connectivity index (χ0) is 22.2. The van der Waals surface area contributed by atoms with E-state index in [1.54, 1.807) is 72.8 Å². The smallest absolute Gasteiger partial charge is 0.465 e. The number of esters is 2. The van der Waals surface area contributed by atoms with E-state index in [1.807, 2.05) is 6.07 Å². The van der Waals surface area contributed by atoms with Gasteiger partial charge in [-0.25, -0.2) is 14.1 Å². The molecule has 0 N–H and O–H groups in total. The minimum Gasteiger partial charge on any atom is -0.465 e. The summed E-state index contributed by atoms with van der Waals surface area (Å²) in [4.78, 5) is 23.4. The van der Waals surface area contributed by atoms with Crippen molar-refractivity contribution < 1.29 is 32.7 Å². The van der Waals surface area contributed by atoms with Crippen LogP contribution in [-0.4, -0.2) is 26.2 Å². The number of ether oxygens (including phenoxy) is 2. The van der Waals surface area contributed by atoms with E-state index >= 15 is 0 Å². The molecule has 0 fully saturated rings. The zero-order valence-corrected chi connectivity index (χ0v) is 17.8. The third-order valence-corrected chi connectivity index (χ3v) is 5.13. The van der Waals surface area contributed by atoms with Gasteiger partial charge in [0.1, 0.15) is 0 Å². The first-order valence-corrected chi connectivity index (χ1v) is 10.3. The second-order valence-electron chi connectivity index (χ2n) is 6.34. The van der Waals surface area contributed by atoms with Crippen LogP contribution in [0.4, 0.5) is 0 Å². The second-order valence-corrected chi connectivity index (χ2v) is 7.18. The van der Waals surface area contributed by atoms with E-state index in [4.69, 9.17) is 18.5 Å². The number of carbonyl (C=O) groups excluding carboxylic acids is 2. The SMILES string of the molecule is COC(=O)c1ccc(C(O[P+](=O)Oc2ccccc2)c2ccc(C(=O)OC)cc2)cc1. The Morgan fingerprint density at radius 3 is 1.58 bits per heavy atom. The van der Waals surface area contributed by atoms with Gasteiger partial charge in [-0.2, -0.15) is 0 Å². The molecule has 0 aromatic heterocycles. The molecule has 0 aliphatic heterocycles. The minimum absolute atomic E-state index is 0.371. The first-order valence-electron chi connectivity index (χ1n) is 9.25. The lowest BCUT2D eigenvalue weighted by atomic mass is 9.99. The number of carbonyl (C=O) groups is 2. The summed E-state index contributed by atoms with van der Waals surface area (Å²) in [6.45, 7) is 0. The molecule has 0 spiro atoms. The molecule has 0 saturated heterocycles. The summed E-state index contributed by atoms with van der Waals surface area (Å²) in [5.74, 6) is -0.528. The Balaban J connectivity index is 1.88. The van der Waals surface area contributed by atoms with Gasteiger partial charge in [0.25, 0.3) is 0 Å². The Kier molecular flexibility index (Phi) is 7.49. The summed E-state index contributed by atoms with van der Waals surface area (Å²) < 4.78 is 33.1. The van der Waals surface area contributed by atoms with Crippen LogP contribution in [0.5, 0.6) is 5.75 Å². The van der Waals surface area contributed by atoms with Gasteiger partial charge in [0.15, 0.2) is 11.9 Å². The molecule has 7 nitrogen and oxygen atoms in total. The summed E-state index contributed by atoms with van der Waals surface area (Å²) in [6, 6.07) is 21.7. The van der Waals surface area contributed by atoms with Crippen LogP contribution in [0.3, 0.4) is 0 Å². The van der Waals surface area contributed by atoms with Crippen molar-refractivity contribution in [2.45, 2.75) is 6.10 Å². The number of hydrogen-bond acceptors (Lipinski definition) is 7. The molecule has 0 radical (unpaired) electrons. The highest BCUT2D eigenvalue weighted by molar-refractivity contribution is 7.33. The molecule has 158 valence electrons. The standard InChI is InChI=1S/C23H20O7P/c1-27-22(24)18-12-8-16(9-13-18)21(17-10-14-19(15-11-17)23(25)28-2)30-31(26)29-20-6-4-3-5-7-20/h3-15,21H,1-2H3/q+1. The van der Waals surface area contributed by atoms with Gasteiger partial charge in [0.05, 0.1) is 25.3 Å². The molecule has 0 aliphatic carbocycles. The van der Waals surface area contributed by atoms with Crippen molar-refractivity contribution in [1.82, 2.24) is 0 Å². The van der Waals surface area contributed by atoms with Crippen LogP contribution in [0.15, 0.2) is 78.9 Å². The van der Waals surface area contributed by atoms with Gasteiger partial charge in [-0.3, -0.25) is 0 Å². The van der Waals surface area contributed by atoms with Crippen LogP contribution in [0.2, 0.25) is 0 Å².